The second kappa shape index (κ2) is 8.74. The van der Waals surface area contributed by atoms with Crippen LogP contribution in [0.3, 0.4) is 0 Å². The number of pyridine rings is 1. The van der Waals surface area contributed by atoms with Crippen molar-refractivity contribution in [2.24, 2.45) is 0 Å². The Balaban J connectivity index is 1.40. The molecule has 3 fully saturated rings. The van der Waals surface area contributed by atoms with Gasteiger partial charge in [0.25, 0.3) is 11.6 Å². The van der Waals surface area contributed by atoms with Crippen LogP contribution in [0.25, 0.3) is 22.2 Å². The molecule has 208 valence electrons. The van der Waals surface area contributed by atoms with Gasteiger partial charge < -0.3 is 14.2 Å². The van der Waals surface area contributed by atoms with E-state index in [1.165, 1.54) is 7.11 Å². The Morgan fingerprint density at radius 2 is 1.82 bits per heavy atom. The number of urea groups is 1. The van der Waals surface area contributed by atoms with Crippen LogP contribution in [0.2, 0.25) is 0 Å². The standard InChI is InChI=1S/C23H20F5N5O5S/c1-37-17-8-12(18-13(25)6-10(24)7-14(18)26)19-20(30-38-21(19)29-17)32-5-4-16-23(27,28)15(9-33(16)22(32)34)31-39(35,36)11-2-3-11/h6-8,11,15-16,31H,2-5,9H2,1H3/t15-,16-/m1/s1. The molecule has 3 aromatic rings. The lowest BCUT2D eigenvalue weighted by molar-refractivity contribution is -0.0448. The number of hydrogen-bond donors (Lipinski definition) is 1. The van der Waals surface area contributed by atoms with Crippen LogP contribution in [0.4, 0.5) is 32.6 Å². The number of amides is 2. The molecule has 4 heterocycles. The first kappa shape index (κ1) is 25.7. The average Bonchev–Trinajstić information content (AvgIpc) is 3.60. The average molecular weight is 574 g/mol. The summed E-state index contributed by atoms with van der Waals surface area (Å²) in [5, 5.41) is 2.97. The van der Waals surface area contributed by atoms with Crippen LogP contribution in [-0.2, 0) is 10.0 Å². The number of nitrogens with zero attached hydrogens (tertiary/aromatic N) is 4. The van der Waals surface area contributed by atoms with Gasteiger partial charge in [-0.1, -0.05) is 5.16 Å². The molecule has 39 heavy (non-hydrogen) atoms. The Morgan fingerprint density at radius 3 is 2.46 bits per heavy atom. The zero-order chi connectivity index (χ0) is 27.9. The summed E-state index contributed by atoms with van der Waals surface area (Å²) in [6.45, 7) is -0.895. The second-order valence-corrected chi connectivity index (χ2v) is 11.6. The van der Waals surface area contributed by atoms with E-state index in [4.69, 9.17) is 9.26 Å². The second-order valence-electron chi connectivity index (χ2n) is 9.62. The van der Waals surface area contributed by atoms with Gasteiger partial charge in [-0.25, -0.2) is 39.9 Å². The first-order chi connectivity index (χ1) is 18.4. The predicted octanol–water partition coefficient (Wildman–Crippen LogP) is 3.42. The van der Waals surface area contributed by atoms with Gasteiger partial charge >= 0.3 is 6.03 Å². The van der Waals surface area contributed by atoms with Gasteiger partial charge in [0.2, 0.25) is 15.9 Å². The fourth-order valence-electron chi connectivity index (χ4n) is 5.13. The maximum absolute atomic E-state index is 15.2. The van der Waals surface area contributed by atoms with E-state index < -0.39 is 68.9 Å². The predicted molar refractivity (Wildman–Crippen MR) is 125 cm³/mol. The molecule has 0 spiro atoms. The minimum Gasteiger partial charge on any atom is -0.481 e. The number of rotatable bonds is 6. The number of fused-ring (bicyclic) bond motifs is 2. The molecule has 0 bridgehead atoms. The van der Waals surface area contributed by atoms with Gasteiger partial charge in [0.05, 0.1) is 23.3 Å². The number of anilines is 1. The number of nitrogens with one attached hydrogen (secondary N) is 1. The maximum atomic E-state index is 15.2. The fraction of sp³-hybridized carbons (Fsp3) is 0.435. The minimum atomic E-state index is -3.97. The third kappa shape index (κ3) is 4.07. The molecular weight excluding hydrogens is 553 g/mol. The Morgan fingerprint density at radius 1 is 1.13 bits per heavy atom. The lowest BCUT2D eigenvalue weighted by Gasteiger charge is -2.37. The Hall–Kier alpha value is -3.53. The third-order valence-electron chi connectivity index (χ3n) is 7.18. The molecule has 2 atom stereocenters. The van der Waals surface area contributed by atoms with Crippen molar-refractivity contribution in [3.63, 3.8) is 0 Å². The summed E-state index contributed by atoms with van der Waals surface area (Å²) in [5.74, 6) is -7.61. The van der Waals surface area contributed by atoms with E-state index in [1.54, 1.807) is 0 Å². The van der Waals surface area contributed by atoms with Crippen LogP contribution in [0.15, 0.2) is 22.7 Å². The van der Waals surface area contributed by atoms with Crippen molar-refractivity contribution in [3.05, 3.63) is 35.7 Å². The number of sulfonamides is 1. The molecule has 2 amide bonds. The van der Waals surface area contributed by atoms with E-state index in [-0.39, 0.29) is 41.3 Å². The van der Waals surface area contributed by atoms with Gasteiger partial charge in [0.1, 0.15) is 29.5 Å². The lowest BCUT2D eigenvalue weighted by Crippen LogP contribution is -2.56. The van der Waals surface area contributed by atoms with Crippen LogP contribution in [0.1, 0.15) is 19.3 Å². The molecule has 2 aliphatic heterocycles. The summed E-state index contributed by atoms with van der Waals surface area (Å²) in [5.41, 5.74) is -1.17. The topological polar surface area (TPSA) is 118 Å². The molecule has 1 aromatic carbocycles. The molecule has 16 heteroatoms. The quantitative estimate of drug-likeness (QED) is 0.449. The molecule has 6 rings (SSSR count). The molecule has 0 unspecified atom stereocenters. The van der Waals surface area contributed by atoms with Crippen molar-refractivity contribution < 1.29 is 44.4 Å². The summed E-state index contributed by atoms with van der Waals surface area (Å²) in [6, 6.07) is -2.26. The van der Waals surface area contributed by atoms with Crippen LogP contribution < -0.4 is 14.4 Å². The number of ether oxygens (including phenoxy) is 1. The van der Waals surface area contributed by atoms with E-state index in [2.05, 4.69) is 14.9 Å². The highest BCUT2D eigenvalue weighted by Gasteiger charge is 2.61. The zero-order valence-electron chi connectivity index (χ0n) is 20.1. The molecule has 0 radical (unpaired) electrons. The highest BCUT2D eigenvalue weighted by atomic mass is 32.2. The van der Waals surface area contributed by atoms with Gasteiger partial charge in [0.15, 0.2) is 5.82 Å². The van der Waals surface area contributed by atoms with Crippen LogP contribution in [0, 0.1) is 17.5 Å². The highest BCUT2D eigenvalue weighted by molar-refractivity contribution is 7.90. The molecule has 1 saturated carbocycles. The SMILES string of the molecule is COc1cc(-c2c(F)cc(F)cc2F)c2c(N3CC[C@H]4N(C[C@@H](NS(=O)(=O)C5CC5)C4(F)F)C3=O)noc2n1. The van der Waals surface area contributed by atoms with Crippen LogP contribution >= 0.6 is 0 Å². The van der Waals surface area contributed by atoms with E-state index in [1.807, 2.05) is 0 Å². The fourth-order valence-corrected chi connectivity index (χ4v) is 6.71. The van der Waals surface area contributed by atoms with Gasteiger partial charge in [0, 0.05) is 36.9 Å². The van der Waals surface area contributed by atoms with Crippen molar-refractivity contribution in [1.29, 1.82) is 0 Å². The molecule has 3 aliphatic rings. The minimum absolute atomic E-state index is 0.127. The smallest absolute Gasteiger partial charge is 0.326 e. The molecule has 1 N–H and O–H groups in total. The largest absolute Gasteiger partial charge is 0.481 e. The Kier molecular flexibility index (Phi) is 5.77. The first-order valence-corrected chi connectivity index (χ1v) is 13.4. The number of carbonyl (C=O) groups is 1. The summed E-state index contributed by atoms with van der Waals surface area (Å²) in [7, 11) is -2.73. The number of carbonyl (C=O) groups excluding carboxylic acids is 1. The number of aromatic nitrogens is 2. The summed E-state index contributed by atoms with van der Waals surface area (Å²) < 4.78 is 111. The van der Waals surface area contributed by atoms with Crippen molar-refractivity contribution in [1.82, 2.24) is 19.8 Å². The van der Waals surface area contributed by atoms with Crippen LogP contribution in [-0.4, -0.2) is 72.9 Å². The van der Waals surface area contributed by atoms with Crippen molar-refractivity contribution in [2.75, 3.05) is 25.1 Å². The molecular formula is C23H20F5N5O5S. The van der Waals surface area contributed by atoms with E-state index in [0.29, 0.717) is 25.0 Å². The normalized spacial score (nSPS) is 23.0. The Bertz CT molecular complexity index is 1590. The third-order valence-corrected chi connectivity index (χ3v) is 9.14. The van der Waals surface area contributed by atoms with Gasteiger partial charge in [-0.15, -0.1) is 0 Å². The summed E-state index contributed by atoms with van der Waals surface area (Å²) in [6.07, 6.45) is 0.485. The monoisotopic (exact) mass is 573 g/mol. The number of alkyl halides is 2. The summed E-state index contributed by atoms with van der Waals surface area (Å²) >= 11 is 0. The van der Waals surface area contributed by atoms with Crippen molar-refractivity contribution in [3.8, 4) is 17.0 Å². The zero-order valence-corrected chi connectivity index (χ0v) is 20.9. The number of methoxy groups -OCH3 is 1. The van der Waals surface area contributed by atoms with Crippen molar-refractivity contribution >= 4 is 33.0 Å². The maximum Gasteiger partial charge on any atom is 0.326 e. The molecule has 1 aliphatic carbocycles. The van der Waals surface area contributed by atoms with Gasteiger partial charge in [-0.05, 0) is 19.3 Å². The van der Waals surface area contributed by atoms with E-state index in [9.17, 15) is 26.4 Å². The summed E-state index contributed by atoms with van der Waals surface area (Å²) in [4.78, 5) is 19.3. The van der Waals surface area contributed by atoms with Crippen LogP contribution in [0.5, 0.6) is 5.88 Å². The molecule has 10 nitrogen and oxygen atoms in total. The van der Waals surface area contributed by atoms with Crippen molar-refractivity contribution in [2.45, 2.75) is 42.5 Å². The first-order valence-electron chi connectivity index (χ1n) is 11.9. The number of benzene rings is 1. The Labute approximate surface area is 217 Å². The van der Waals surface area contributed by atoms with E-state index in [0.717, 1.165) is 15.9 Å². The van der Waals surface area contributed by atoms with E-state index >= 15 is 8.78 Å². The number of hydrogen-bond acceptors (Lipinski definition) is 7. The van der Waals surface area contributed by atoms with Gasteiger partial charge in [-0.2, -0.15) is 4.98 Å². The molecule has 2 aromatic heterocycles. The van der Waals surface area contributed by atoms with Gasteiger partial charge in [-0.3, -0.25) is 4.90 Å². The molecule has 2 saturated heterocycles. The number of halogens is 5. The highest BCUT2D eigenvalue weighted by Crippen LogP contribution is 2.44. The lowest BCUT2D eigenvalue weighted by atomic mass is 10.0.